The van der Waals surface area contributed by atoms with Gasteiger partial charge in [-0.05, 0) is 42.9 Å². The molecular weight excluding hydrogens is 386 g/mol. The van der Waals surface area contributed by atoms with Crippen LogP contribution in [-0.2, 0) is 16.1 Å². The van der Waals surface area contributed by atoms with E-state index in [1.54, 1.807) is 0 Å². The molecular formula is C23H36ClN3O2. The van der Waals surface area contributed by atoms with E-state index in [0.29, 0.717) is 35.9 Å². The SMILES string of the molecule is CC(C)CN1CC[C@@H](N2CCOCC2)[C@@H](CCC(=O)NCc2ccccc2Cl)C1. The van der Waals surface area contributed by atoms with E-state index in [1.807, 2.05) is 24.3 Å². The lowest BCUT2D eigenvalue weighted by atomic mass is 9.86. The lowest BCUT2D eigenvalue weighted by molar-refractivity contribution is -0.121. The van der Waals surface area contributed by atoms with E-state index in [-0.39, 0.29) is 5.91 Å². The number of carbonyl (C=O) groups is 1. The van der Waals surface area contributed by atoms with Gasteiger partial charge in [-0.25, -0.2) is 0 Å². The minimum atomic E-state index is 0.117. The first-order chi connectivity index (χ1) is 14.0. The highest BCUT2D eigenvalue weighted by molar-refractivity contribution is 6.31. The average molecular weight is 422 g/mol. The molecule has 0 saturated carbocycles. The number of likely N-dealkylation sites (tertiary alicyclic amines) is 1. The second-order valence-corrected chi connectivity index (χ2v) is 9.23. The summed E-state index contributed by atoms with van der Waals surface area (Å²) in [6, 6.07) is 8.25. The highest BCUT2D eigenvalue weighted by Crippen LogP contribution is 2.27. The summed E-state index contributed by atoms with van der Waals surface area (Å²) in [5.74, 6) is 1.33. The molecule has 0 aromatic heterocycles. The van der Waals surface area contributed by atoms with Gasteiger partial charge in [0.15, 0.2) is 0 Å². The van der Waals surface area contributed by atoms with E-state index in [4.69, 9.17) is 16.3 Å². The van der Waals surface area contributed by atoms with Crippen LogP contribution in [0.4, 0.5) is 0 Å². The molecule has 0 unspecified atom stereocenters. The van der Waals surface area contributed by atoms with E-state index in [0.717, 1.165) is 57.9 Å². The third-order valence-corrected chi connectivity index (χ3v) is 6.46. The fourth-order valence-corrected chi connectivity index (χ4v) is 4.89. The van der Waals surface area contributed by atoms with E-state index in [2.05, 4.69) is 29.0 Å². The molecule has 6 heteroatoms. The summed E-state index contributed by atoms with van der Waals surface area (Å²) in [4.78, 5) is 17.7. The second kappa shape index (κ2) is 11.3. The smallest absolute Gasteiger partial charge is 0.220 e. The van der Waals surface area contributed by atoms with Crippen LogP contribution in [0.15, 0.2) is 24.3 Å². The summed E-state index contributed by atoms with van der Waals surface area (Å²) in [5.41, 5.74) is 0.967. The Hall–Kier alpha value is -1.14. The monoisotopic (exact) mass is 421 g/mol. The molecule has 1 amide bonds. The van der Waals surface area contributed by atoms with Crippen LogP contribution in [-0.4, -0.2) is 67.7 Å². The maximum Gasteiger partial charge on any atom is 0.220 e. The van der Waals surface area contributed by atoms with Crippen LogP contribution in [0, 0.1) is 11.8 Å². The van der Waals surface area contributed by atoms with Crippen LogP contribution in [0.2, 0.25) is 5.02 Å². The number of hydrogen-bond acceptors (Lipinski definition) is 4. The number of amides is 1. The Bertz CT molecular complexity index is 649. The van der Waals surface area contributed by atoms with Crippen molar-refractivity contribution in [3.63, 3.8) is 0 Å². The molecule has 2 saturated heterocycles. The summed E-state index contributed by atoms with van der Waals surface area (Å²) >= 11 is 6.20. The van der Waals surface area contributed by atoms with Crippen molar-refractivity contribution in [2.45, 2.75) is 45.7 Å². The normalized spacial score (nSPS) is 24.0. The molecule has 2 heterocycles. The Morgan fingerprint density at radius 3 is 2.72 bits per heavy atom. The number of morpholine rings is 1. The lowest BCUT2D eigenvalue weighted by Gasteiger charge is -2.45. The Kier molecular flexibility index (Phi) is 8.79. The van der Waals surface area contributed by atoms with Crippen molar-refractivity contribution in [1.82, 2.24) is 15.1 Å². The molecule has 1 aromatic carbocycles. The van der Waals surface area contributed by atoms with Crippen molar-refractivity contribution in [2.24, 2.45) is 11.8 Å². The molecule has 2 fully saturated rings. The Balaban J connectivity index is 1.53. The predicted molar refractivity (Wildman–Crippen MR) is 118 cm³/mol. The topological polar surface area (TPSA) is 44.8 Å². The molecule has 0 bridgehead atoms. The first-order valence-corrected chi connectivity index (χ1v) is 11.4. The zero-order chi connectivity index (χ0) is 20.6. The second-order valence-electron chi connectivity index (χ2n) is 8.82. The van der Waals surface area contributed by atoms with Gasteiger partial charge in [-0.15, -0.1) is 0 Å². The molecule has 1 N–H and O–H groups in total. The molecule has 2 atom stereocenters. The van der Waals surface area contributed by atoms with Gasteiger partial charge in [0.25, 0.3) is 0 Å². The number of hydrogen-bond donors (Lipinski definition) is 1. The number of benzene rings is 1. The highest BCUT2D eigenvalue weighted by Gasteiger charge is 2.34. The minimum Gasteiger partial charge on any atom is -0.379 e. The van der Waals surface area contributed by atoms with Gasteiger partial charge >= 0.3 is 0 Å². The summed E-state index contributed by atoms with van der Waals surface area (Å²) < 4.78 is 5.55. The van der Waals surface area contributed by atoms with E-state index in [9.17, 15) is 4.79 Å². The molecule has 1 aromatic rings. The van der Waals surface area contributed by atoms with Gasteiger partial charge in [0.2, 0.25) is 5.91 Å². The zero-order valence-corrected chi connectivity index (χ0v) is 18.7. The first-order valence-electron chi connectivity index (χ1n) is 11.1. The minimum absolute atomic E-state index is 0.117. The number of rotatable bonds is 8. The third-order valence-electron chi connectivity index (χ3n) is 6.09. The number of carbonyl (C=O) groups excluding carboxylic acids is 1. The van der Waals surface area contributed by atoms with Crippen molar-refractivity contribution in [1.29, 1.82) is 0 Å². The van der Waals surface area contributed by atoms with Gasteiger partial charge in [-0.1, -0.05) is 43.6 Å². The summed E-state index contributed by atoms with van der Waals surface area (Å²) in [6.07, 6.45) is 2.70. The fraction of sp³-hybridized carbons (Fsp3) is 0.696. The molecule has 2 aliphatic rings. The third kappa shape index (κ3) is 6.95. The Morgan fingerprint density at radius 1 is 1.24 bits per heavy atom. The fourth-order valence-electron chi connectivity index (χ4n) is 4.69. The summed E-state index contributed by atoms with van der Waals surface area (Å²) in [5, 5.41) is 3.75. The van der Waals surface area contributed by atoms with Gasteiger partial charge in [-0.2, -0.15) is 0 Å². The van der Waals surface area contributed by atoms with Gasteiger partial charge in [0, 0.05) is 50.2 Å². The van der Waals surface area contributed by atoms with E-state index in [1.165, 1.54) is 6.42 Å². The summed E-state index contributed by atoms with van der Waals surface area (Å²) in [6.45, 7) is 12.2. The van der Waals surface area contributed by atoms with Crippen LogP contribution in [0.3, 0.4) is 0 Å². The average Bonchev–Trinajstić information content (AvgIpc) is 2.72. The standard InChI is InChI=1S/C23H36ClN3O2/c1-18(2)16-26-10-9-22(27-11-13-29-14-12-27)20(17-26)7-8-23(28)25-15-19-5-3-4-6-21(19)24/h3-6,18,20,22H,7-17H2,1-2H3,(H,25,28)/t20-,22+/m0/s1. The van der Waals surface area contributed by atoms with Crippen LogP contribution in [0.5, 0.6) is 0 Å². The molecule has 0 aliphatic carbocycles. The van der Waals surface area contributed by atoms with Crippen molar-refractivity contribution >= 4 is 17.5 Å². The van der Waals surface area contributed by atoms with Crippen LogP contribution in [0.25, 0.3) is 0 Å². The Morgan fingerprint density at radius 2 is 2.00 bits per heavy atom. The van der Waals surface area contributed by atoms with Crippen LogP contribution in [0.1, 0.15) is 38.7 Å². The predicted octanol–water partition coefficient (Wildman–Crippen LogP) is 3.42. The maximum atomic E-state index is 12.5. The largest absolute Gasteiger partial charge is 0.379 e. The van der Waals surface area contributed by atoms with Crippen molar-refractivity contribution < 1.29 is 9.53 Å². The number of ether oxygens (including phenoxy) is 1. The van der Waals surface area contributed by atoms with E-state index >= 15 is 0 Å². The quantitative estimate of drug-likeness (QED) is 0.698. The van der Waals surface area contributed by atoms with E-state index < -0.39 is 0 Å². The van der Waals surface area contributed by atoms with Crippen LogP contribution < -0.4 is 5.32 Å². The zero-order valence-electron chi connectivity index (χ0n) is 17.9. The van der Waals surface area contributed by atoms with Gasteiger partial charge < -0.3 is 15.0 Å². The molecule has 162 valence electrons. The number of nitrogens with one attached hydrogen (secondary N) is 1. The van der Waals surface area contributed by atoms with Gasteiger partial charge in [-0.3, -0.25) is 9.69 Å². The molecule has 5 nitrogen and oxygen atoms in total. The number of halogens is 1. The molecule has 29 heavy (non-hydrogen) atoms. The van der Waals surface area contributed by atoms with Gasteiger partial charge in [0.05, 0.1) is 13.2 Å². The lowest BCUT2D eigenvalue weighted by Crippen LogP contribution is -2.54. The number of piperidine rings is 1. The molecule has 0 spiro atoms. The van der Waals surface area contributed by atoms with Crippen LogP contribution >= 0.6 is 11.6 Å². The van der Waals surface area contributed by atoms with Crippen molar-refractivity contribution in [3.8, 4) is 0 Å². The first kappa shape index (κ1) is 22.5. The molecule has 2 aliphatic heterocycles. The van der Waals surface area contributed by atoms with Crippen molar-refractivity contribution in [2.75, 3.05) is 45.9 Å². The maximum absolute atomic E-state index is 12.5. The summed E-state index contributed by atoms with van der Waals surface area (Å²) in [7, 11) is 0. The number of nitrogens with zero attached hydrogens (tertiary/aromatic N) is 2. The molecule has 0 radical (unpaired) electrons. The molecule has 3 rings (SSSR count). The van der Waals surface area contributed by atoms with Crippen molar-refractivity contribution in [3.05, 3.63) is 34.9 Å². The van der Waals surface area contributed by atoms with Gasteiger partial charge in [0.1, 0.15) is 0 Å². The Labute approximate surface area is 180 Å². The highest BCUT2D eigenvalue weighted by atomic mass is 35.5.